The molecule has 0 aromatic heterocycles. The first-order valence-corrected chi connectivity index (χ1v) is 9.46. The van der Waals surface area contributed by atoms with E-state index >= 15 is 0 Å². The third kappa shape index (κ3) is 4.05. The van der Waals surface area contributed by atoms with E-state index in [2.05, 4.69) is 15.9 Å². The summed E-state index contributed by atoms with van der Waals surface area (Å²) >= 11 is 3.41. The fourth-order valence-electron chi connectivity index (χ4n) is 2.91. The Hall–Kier alpha value is -3.18. The van der Waals surface area contributed by atoms with Crippen LogP contribution in [0.2, 0.25) is 0 Å². The third-order valence-corrected chi connectivity index (χ3v) is 4.70. The lowest BCUT2D eigenvalue weighted by molar-refractivity contribution is -0.133. The van der Waals surface area contributed by atoms with E-state index in [0.717, 1.165) is 15.6 Å². The van der Waals surface area contributed by atoms with Crippen molar-refractivity contribution in [3.8, 4) is 11.5 Å². The lowest BCUT2D eigenvalue weighted by atomic mass is 10.1. The number of benzene rings is 3. The third-order valence-electron chi connectivity index (χ3n) is 4.21. The number of carbonyl (C=O) groups is 2. The molecule has 0 atom stereocenters. The van der Waals surface area contributed by atoms with Crippen molar-refractivity contribution in [2.24, 2.45) is 0 Å². The van der Waals surface area contributed by atoms with E-state index in [4.69, 9.17) is 9.47 Å². The summed E-state index contributed by atoms with van der Waals surface area (Å²) in [5.41, 5.74) is 2.17. The number of rotatable bonds is 4. The molecular weight excluding hydrogens is 420 g/mol. The fourth-order valence-corrected chi connectivity index (χ4v) is 3.33. The van der Waals surface area contributed by atoms with Crippen molar-refractivity contribution in [1.29, 1.82) is 0 Å². The van der Waals surface area contributed by atoms with Crippen LogP contribution in [0, 0.1) is 0 Å². The first-order chi connectivity index (χ1) is 13.6. The van der Waals surface area contributed by atoms with Gasteiger partial charge >= 0.3 is 5.97 Å². The van der Waals surface area contributed by atoms with Crippen LogP contribution in [-0.2, 0) is 11.2 Å². The second-order valence-electron chi connectivity index (χ2n) is 6.29. The molecule has 0 spiro atoms. The van der Waals surface area contributed by atoms with Crippen molar-refractivity contribution in [2.75, 3.05) is 0 Å². The summed E-state index contributed by atoms with van der Waals surface area (Å²) in [5, 5.41) is 0. The maximum atomic E-state index is 12.5. The molecule has 0 bridgehead atoms. The predicted octanol–water partition coefficient (Wildman–Crippen LogP) is 5.21. The zero-order valence-corrected chi connectivity index (χ0v) is 16.3. The molecule has 0 unspecified atom stereocenters. The first-order valence-electron chi connectivity index (χ1n) is 8.67. The van der Waals surface area contributed by atoms with E-state index in [-0.39, 0.29) is 23.9 Å². The van der Waals surface area contributed by atoms with E-state index < -0.39 is 0 Å². The Kier molecular flexibility index (Phi) is 5.08. The molecule has 0 saturated heterocycles. The number of ether oxygens (including phenoxy) is 2. The topological polar surface area (TPSA) is 52.6 Å². The molecule has 5 heteroatoms. The molecular formula is C23H15BrO4. The Morgan fingerprint density at radius 3 is 2.61 bits per heavy atom. The van der Waals surface area contributed by atoms with Crippen LogP contribution >= 0.6 is 15.9 Å². The quantitative estimate of drug-likeness (QED) is 0.321. The fraction of sp³-hybridized carbons (Fsp3) is 0.0435. The smallest absolute Gasteiger partial charge is 0.315 e. The number of allylic oxidation sites excluding steroid dienone is 1. The number of Topliss-reactive ketones (excluding diaryl/α,β-unsaturated/α-hetero) is 1. The SMILES string of the molecule is O=C(Cc1ccccc1)Oc1ccc2c(c1)O/C(=C\c1cccc(Br)c1)C2=O. The van der Waals surface area contributed by atoms with Gasteiger partial charge in [-0.3, -0.25) is 9.59 Å². The molecule has 0 amide bonds. The average molecular weight is 435 g/mol. The molecule has 1 heterocycles. The van der Waals surface area contributed by atoms with Gasteiger partial charge in [0.15, 0.2) is 5.76 Å². The molecule has 0 fully saturated rings. The van der Waals surface area contributed by atoms with Crippen LogP contribution < -0.4 is 9.47 Å². The molecule has 0 saturated carbocycles. The zero-order chi connectivity index (χ0) is 19.5. The van der Waals surface area contributed by atoms with Crippen molar-refractivity contribution < 1.29 is 19.1 Å². The number of ketones is 1. The van der Waals surface area contributed by atoms with Crippen LogP contribution in [-0.4, -0.2) is 11.8 Å². The first kappa shape index (κ1) is 18.2. The number of halogens is 1. The molecule has 4 nitrogen and oxygen atoms in total. The maximum Gasteiger partial charge on any atom is 0.315 e. The van der Waals surface area contributed by atoms with Gasteiger partial charge < -0.3 is 9.47 Å². The average Bonchev–Trinajstić information content (AvgIpc) is 2.97. The van der Waals surface area contributed by atoms with Gasteiger partial charge in [0.25, 0.3) is 0 Å². The van der Waals surface area contributed by atoms with Gasteiger partial charge in [-0.15, -0.1) is 0 Å². The molecule has 4 rings (SSSR count). The van der Waals surface area contributed by atoms with Gasteiger partial charge in [-0.2, -0.15) is 0 Å². The second kappa shape index (κ2) is 7.82. The molecule has 3 aromatic carbocycles. The van der Waals surface area contributed by atoms with E-state index in [1.807, 2.05) is 54.6 Å². The lowest BCUT2D eigenvalue weighted by Gasteiger charge is -2.06. The molecule has 3 aromatic rings. The Morgan fingerprint density at radius 2 is 1.82 bits per heavy atom. The largest absolute Gasteiger partial charge is 0.452 e. The highest BCUT2D eigenvalue weighted by molar-refractivity contribution is 9.10. The van der Waals surface area contributed by atoms with Crippen LogP contribution in [0.15, 0.2) is 83.0 Å². The standard InChI is InChI=1S/C23H15BrO4/c24-17-8-4-7-16(11-17)12-21-23(26)19-10-9-18(14-20(19)28-21)27-22(25)13-15-5-2-1-3-6-15/h1-12,14H,13H2/b21-12-. The van der Waals surface area contributed by atoms with Crippen LogP contribution in [0.5, 0.6) is 11.5 Å². The second-order valence-corrected chi connectivity index (χ2v) is 7.20. The van der Waals surface area contributed by atoms with E-state index in [1.54, 1.807) is 24.3 Å². The van der Waals surface area contributed by atoms with Crippen molar-refractivity contribution in [3.05, 3.63) is 99.7 Å². The van der Waals surface area contributed by atoms with Gasteiger partial charge in [0.1, 0.15) is 11.5 Å². The summed E-state index contributed by atoms with van der Waals surface area (Å²) in [5.74, 6) is 0.394. The van der Waals surface area contributed by atoms with Gasteiger partial charge in [-0.1, -0.05) is 58.4 Å². The molecule has 0 N–H and O–H groups in total. The number of fused-ring (bicyclic) bond motifs is 1. The summed E-state index contributed by atoms with van der Waals surface area (Å²) < 4.78 is 12.0. The Balaban J connectivity index is 1.50. The number of carbonyl (C=O) groups excluding carboxylic acids is 2. The molecule has 28 heavy (non-hydrogen) atoms. The monoisotopic (exact) mass is 434 g/mol. The minimum absolute atomic E-state index is 0.172. The predicted molar refractivity (Wildman–Crippen MR) is 109 cm³/mol. The number of esters is 1. The summed E-state index contributed by atoms with van der Waals surface area (Å²) in [7, 11) is 0. The van der Waals surface area contributed by atoms with Gasteiger partial charge in [0.05, 0.1) is 12.0 Å². The number of hydrogen-bond acceptors (Lipinski definition) is 4. The van der Waals surface area contributed by atoms with Crippen molar-refractivity contribution in [3.63, 3.8) is 0 Å². The van der Waals surface area contributed by atoms with Crippen LogP contribution in [0.1, 0.15) is 21.5 Å². The summed E-state index contributed by atoms with van der Waals surface area (Å²) in [6.07, 6.45) is 1.86. The van der Waals surface area contributed by atoms with Crippen LogP contribution in [0.3, 0.4) is 0 Å². The zero-order valence-electron chi connectivity index (χ0n) is 14.7. The summed E-state index contributed by atoms with van der Waals surface area (Å²) in [6.45, 7) is 0. The van der Waals surface area contributed by atoms with Gasteiger partial charge in [0, 0.05) is 10.5 Å². The summed E-state index contributed by atoms with van der Waals surface area (Å²) in [6, 6.07) is 21.7. The Bertz CT molecular complexity index is 1090. The highest BCUT2D eigenvalue weighted by Crippen LogP contribution is 2.35. The normalized spacial score (nSPS) is 13.9. The van der Waals surface area contributed by atoms with Crippen molar-refractivity contribution in [1.82, 2.24) is 0 Å². The van der Waals surface area contributed by atoms with Gasteiger partial charge in [-0.05, 0) is 41.5 Å². The highest BCUT2D eigenvalue weighted by Gasteiger charge is 2.28. The Labute approximate surface area is 170 Å². The summed E-state index contributed by atoms with van der Waals surface area (Å²) in [4.78, 5) is 24.7. The maximum absolute atomic E-state index is 12.5. The van der Waals surface area contributed by atoms with Crippen molar-refractivity contribution >= 4 is 33.8 Å². The highest BCUT2D eigenvalue weighted by atomic mass is 79.9. The molecule has 0 aliphatic carbocycles. The minimum atomic E-state index is -0.375. The van der Waals surface area contributed by atoms with E-state index in [1.165, 1.54) is 0 Å². The van der Waals surface area contributed by atoms with E-state index in [0.29, 0.717) is 17.1 Å². The molecule has 1 aliphatic rings. The van der Waals surface area contributed by atoms with Gasteiger partial charge in [-0.25, -0.2) is 0 Å². The van der Waals surface area contributed by atoms with Crippen LogP contribution in [0.25, 0.3) is 6.08 Å². The Morgan fingerprint density at radius 1 is 1.00 bits per heavy atom. The minimum Gasteiger partial charge on any atom is -0.452 e. The van der Waals surface area contributed by atoms with Gasteiger partial charge in [0.2, 0.25) is 5.78 Å². The lowest BCUT2D eigenvalue weighted by Crippen LogP contribution is -2.11. The molecule has 0 radical (unpaired) electrons. The van der Waals surface area contributed by atoms with E-state index in [9.17, 15) is 9.59 Å². The molecule has 138 valence electrons. The van der Waals surface area contributed by atoms with Crippen molar-refractivity contribution in [2.45, 2.75) is 6.42 Å². The molecule has 1 aliphatic heterocycles. The number of hydrogen-bond donors (Lipinski definition) is 0. The van der Waals surface area contributed by atoms with Crippen LogP contribution in [0.4, 0.5) is 0 Å².